The van der Waals surface area contributed by atoms with E-state index in [9.17, 15) is 14.7 Å². The lowest BCUT2D eigenvalue weighted by atomic mass is 9.68. The molecule has 0 atom stereocenters. The summed E-state index contributed by atoms with van der Waals surface area (Å²) in [5.74, 6) is -1.40. The molecule has 2 N–H and O–H groups in total. The number of hydrogen-bond acceptors (Lipinski definition) is 3. The minimum atomic E-state index is -1.20. The van der Waals surface area contributed by atoms with Crippen molar-refractivity contribution < 1.29 is 14.7 Å². The second-order valence-corrected chi connectivity index (χ2v) is 5.20. The lowest BCUT2D eigenvalue weighted by Crippen LogP contribution is -2.50. The normalized spacial score (nSPS) is 16.8. The number of amides is 1. The lowest BCUT2D eigenvalue weighted by Gasteiger charge is -2.35. The van der Waals surface area contributed by atoms with E-state index in [1.165, 1.54) is 0 Å². The average molecular weight is 265 g/mol. The molecule has 0 aliphatic heterocycles. The Kier molecular flexibility index (Phi) is 3.34. The first-order chi connectivity index (χ1) is 8.88. The molecular formula is C13H19N3O3. The molecule has 6 heteroatoms. The van der Waals surface area contributed by atoms with E-state index in [-0.39, 0.29) is 5.91 Å². The summed E-state index contributed by atoms with van der Waals surface area (Å²) in [7, 11) is 1.85. The van der Waals surface area contributed by atoms with Gasteiger partial charge in [0.2, 0.25) is 5.91 Å². The largest absolute Gasteiger partial charge is 0.480 e. The van der Waals surface area contributed by atoms with Crippen LogP contribution in [-0.4, -0.2) is 26.8 Å². The number of nitrogens with one attached hydrogen (secondary N) is 1. The summed E-state index contributed by atoms with van der Waals surface area (Å²) in [5.41, 5.74) is 1.59. The smallest absolute Gasteiger partial charge is 0.319 e. The topological polar surface area (TPSA) is 84.2 Å². The van der Waals surface area contributed by atoms with Crippen molar-refractivity contribution in [3.8, 4) is 0 Å². The van der Waals surface area contributed by atoms with Crippen LogP contribution in [0.3, 0.4) is 0 Å². The van der Waals surface area contributed by atoms with Gasteiger partial charge in [0.05, 0.1) is 5.69 Å². The van der Waals surface area contributed by atoms with Crippen LogP contribution >= 0.6 is 0 Å². The van der Waals surface area contributed by atoms with Crippen LogP contribution in [0.15, 0.2) is 0 Å². The third kappa shape index (κ3) is 2.11. The Labute approximate surface area is 111 Å². The van der Waals surface area contributed by atoms with Crippen LogP contribution in [0.25, 0.3) is 0 Å². The molecule has 1 aliphatic rings. The van der Waals surface area contributed by atoms with E-state index in [0.29, 0.717) is 19.4 Å². The lowest BCUT2D eigenvalue weighted by molar-refractivity contribution is -0.162. The summed E-state index contributed by atoms with van der Waals surface area (Å²) in [4.78, 5) is 23.3. The molecule has 0 spiro atoms. The Morgan fingerprint density at radius 1 is 1.42 bits per heavy atom. The molecule has 0 bridgehead atoms. The maximum atomic E-state index is 12.1. The highest BCUT2D eigenvalue weighted by Gasteiger charge is 2.51. The van der Waals surface area contributed by atoms with E-state index in [1.807, 2.05) is 20.9 Å². The van der Waals surface area contributed by atoms with Crippen molar-refractivity contribution >= 4 is 11.9 Å². The number of nitrogens with zero attached hydrogens (tertiary/aromatic N) is 2. The van der Waals surface area contributed by atoms with Crippen LogP contribution in [0, 0.1) is 19.3 Å². The third-order valence-corrected chi connectivity index (χ3v) is 4.14. The molecule has 2 rings (SSSR count). The fraction of sp³-hybridized carbons (Fsp3) is 0.615. The number of carboxylic acid groups (broad SMARTS) is 1. The fourth-order valence-electron chi connectivity index (χ4n) is 2.48. The fourth-order valence-corrected chi connectivity index (χ4v) is 2.48. The first-order valence-electron chi connectivity index (χ1n) is 6.39. The van der Waals surface area contributed by atoms with E-state index in [4.69, 9.17) is 0 Å². The maximum absolute atomic E-state index is 12.1. The number of aryl methyl sites for hydroxylation is 2. The maximum Gasteiger partial charge on any atom is 0.319 e. The van der Waals surface area contributed by atoms with Crippen LogP contribution in [0.1, 0.15) is 36.2 Å². The third-order valence-electron chi connectivity index (χ3n) is 4.14. The molecular weight excluding hydrogens is 246 g/mol. The summed E-state index contributed by atoms with van der Waals surface area (Å²) >= 11 is 0. The second kappa shape index (κ2) is 4.68. The summed E-state index contributed by atoms with van der Waals surface area (Å²) < 4.78 is 1.76. The Balaban J connectivity index is 2.07. The number of carboxylic acids is 1. The SMILES string of the molecule is Cc1nn(C)c(C)c1CNC(=O)C1(C(=O)O)CCC1. The van der Waals surface area contributed by atoms with Crippen LogP contribution in [0.5, 0.6) is 0 Å². The van der Waals surface area contributed by atoms with Gasteiger partial charge < -0.3 is 10.4 Å². The van der Waals surface area contributed by atoms with Gasteiger partial charge >= 0.3 is 5.97 Å². The van der Waals surface area contributed by atoms with Crippen molar-refractivity contribution in [3.05, 3.63) is 17.0 Å². The van der Waals surface area contributed by atoms with Gasteiger partial charge in [0.1, 0.15) is 5.41 Å². The van der Waals surface area contributed by atoms with E-state index in [1.54, 1.807) is 4.68 Å². The molecule has 0 saturated heterocycles. The zero-order valence-corrected chi connectivity index (χ0v) is 11.5. The molecule has 0 radical (unpaired) electrons. The van der Waals surface area contributed by atoms with Crippen molar-refractivity contribution in [2.45, 2.75) is 39.7 Å². The highest BCUT2D eigenvalue weighted by molar-refractivity contribution is 6.02. The molecule has 6 nitrogen and oxygen atoms in total. The number of carbonyl (C=O) groups excluding carboxylic acids is 1. The summed E-state index contributed by atoms with van der Waals surface area (Å²) in [6, 6.07) is 0. The van der Waals surface area contributed by atoms with Crippen molar-refractivity contribution in [2.24, 2.45) is 12.5 Å². The molecule has 0 unspecified atom stereocenters. The molecule has 1 saturated carbocycles. The van der Waals surface area contributed by atoms with E-state index in [2.05, 4.69) is 10.4 Å². The van der Waals surface area contributed by atoms with Gasteiger partial charge in [0.25, 0.3) is 0 Å². The molecule has 0 aromatic carbocycles. The number of hydrogen-bond donors (Lipinski definition) is 2. The molecule has 1 aliphatic carbocycles. The zero-order valence-electron chi connectivity index (χ0n) is 11.5. The highest BCUT2D eigenvalue weighted by atomic mass is 16.4. The second-order valence-electron chi connectivity index (χ2n) is 5.20. The molecule has 1 aromatic rings. The van der Waals surface area contributed by atoms with Gasteiger partial charge in [-0.15, -0.1) is 0 Å². The van der Waals surface area contributed by atoms with Crippen molar-refractivity contribution in [2.75, 3.05) is 0 Å². The predicted molar refractivity (Wildman–Crippen MR) is 68.4 cm³/mol. The van der Waals surface area contributed by atoms with Crippen molar-refractivity contribution in [1.82, 2.24) is 15.1 Å². The summed E-state index contributed by atoms with van der Waals surface area (Å²) in [5, 5.41) is 16.2. The molecule has 1 heterocycles. The molecule has 104 valence electrons. The van der Waals surface area contributed by atoms with E-state index >= 15 is 0 Å². The van der Waals surface area contributed by atoms with Gasteiger partial charge in [-0.3, -0.25) is 14.3 Å². The first kappa shape index (κ1) is 13.6. The van der Waals surface area contributed by atoms with E-state index in [0.717, 1.165) is 23.4 Å². The first-order valence-corrected chi connectivity index (χ1v) is 6.39. The summed E-state index contributed by atoms with van der Waals surface area (Å²) in [6.45, 7) is 4.14. The Hall–Kier alpha value is -1.85. The average Bonchev–Trinajstić information content (AvgIpc) is 2.49. The van der Waals surface area contributed by atoms with Gasteiger partial charge in [-0.25, -0.2) is 0 Å². The Morgan fingerprint density at radius 2 is 2.05 bits per heavy atom. The number of rotatable bonds is 4. The van der Waals surface area contributed by atoms with Gasteiger partial charge in [-0.1, -0.05) is 6.42 Å². The number of carbonyl (C=O) groups is 2. The van der Waals surface area contributed by atoms with Gasteiger partial charge in [0, 0.05) is 24.8 Å². The quantitative estimate of drug-likeness (QED) is 0.792. The van der Waals surface area contributed by atoms with Crippen molar-refractivity contribution in [1.29, 1.82) is 0 Å². The Morgan fingerprint density at radius 3 is 2.42 bits per heavy atom. The van der Waals surface area contributed by atoms with Crippen molar-refractivity contribution in [3.63, 3.8) is 0 Å². The standard InChI is InChI=1S/C13H19N3O3/c1-8-10(9(2)16(3)15-8)7-14-11(17)13(12(18)19)5-4-6-13/h4-7H2,1-3H3,(H,14,17)(H,18,19). The van der Waals surface area contributed by atoms with E-state index < -0.39 is 11.4 Å². The van der Waals surface area contributed by atoms with Crippen LogP contribution < -0.4 is 5.32 Å². The molecule has 1 fully saturated rings. The number of aliphatic carboxylic acids is 1. The van der Waals surface area contributed by atoms with Gasteiger partial charge in [0.15, 0.2) is 0 Å². The van der Waals surface area contributed by atoms with Gasteiger partial charge in [-0.05, 0) is 26.7 Å². The minimum absolute atomic E-state index is 0.333. The molecule has 19 heavy (non-hydrogen) atoms. The van der Waals surface area contributed by atoms with Crippen LogP contribution in [0.2, 0.25) is 0 Å². The zero-order chi connectivity index (χ0) is 14.2. The minimum Gasteiger partial charge on any atom is -0.480 e. The summed E-state index contributed by atoms with van der Waals surface area (Å²) in [6.07, 6.45) is 1.66. The number of aromatic nitrogens is 2. The predicted octanol–water partition coefficient (Wildman–Crippen LogP) is 0.908. The Bertz CT molecular complexity index is 529. The molecule has 1 aromatic heterocycles. The highest BCUT2D eigenvalue weighted by Crippen LogP contribution is 2.41. The molecule has 1 amide bonds. The van der Waals surface area contributed by atoms with Crippen LogP contribution in [0.4, 0.5) is 0 Å². The van der Waals surface area contributed by atoms with Crippen LogP contribution in [-0.2, 0) is 23.2 Å². The van der Waals surface area contributed by atoms with Gasteiger partial charge in [-0.2, -0.15) is 5.10 Å². The monoisotopic (exact) mass is 265 g/mol.